The van der Waals surface area contributed by atoms with Gasteiger partial charge in [0.05, 0.1) is 0 Å². The molecule has 0 atom stereocenters. The van der Waals surface area contributed by atoms with Crippen LogP contribution in [0.1, 0.15) is 61.8 Å². The number of aryl methyl sites for hydroxylation is 2. The Morgan fingerprint density at radius 3 is 2.38 bits per heavy atom. The third kappa shape index (κ3) is 4.13. The molecule has 2 aromatic rings. The molecule has 0 unspecified atom stereocenters. The number of nitrogens with zero attached hydrogens (tertiary/aromatic N) is 1. The van der Waals surface area contributed by atoms with Crippen LogP contribution >= 0.6 is 0 Å². The second kappa shape index (κ2) is 9.19. The Balaban J connectivity index is 1.35. The quantitative estimate of drug-likeness (QED) is 0.510. The Morgan fingerprint density at radius 1 is 1.06 bits per heavy atom. The minimum Gasteiger partial charge on any atom is -0.358 e. The zero-order chi connectivity index (χ0) is 22.9. The van der Waals surface area contributed by atoms with Crippen LogP contribution in [0.3, 0.4) is 0 Å². The molecule has 4 heteroatoms. The molecule has 2 aromatic carbocycles. The Labute approximate surface area is 191 Å². The van der Waals surface area contributed by atoms with E-state index in [0.717, 1.165) is 56.6 Å². The number of anilines is 1. The molecule has 0 bridgehead atoms. The van der Waals surface area contributed by atoms with E-state index in [1.807, 2.05) is 6.92 Å². The van der Waals surface area contributed by atoms with E-state index in [2.05, 4.69) is 48.5 Å². The minimum absolute atomic E-state index is 0.0285. The van der Waals surface area contributed by atoms with Gasteiger partial charge >= 0.3 is 0 Å². The number of nitrogens with one attached hydrogen (secondary N) is 1. The van der Waals surface area contributed by atoms with Crippen LogP contribution in [0.2, 0.25) is 0 Å². The molecule has 0 saturated carbocycles. The van der Waals surface area contributed by atoms with E-state index in [4.69, 9.17) is 0 Å². The van der Waals surface area contributed by atoms with E-state index in [1.54, 1.807) is 0 Å². The topological polar surface area (TPSA) is 15.3 Å². The molecular formula is C28H34F2N2. The van der Waals surface area contributed by atoms with Crippen molar-refractivity contribution >= 4 is 11.3 Å². The predicted molar refractivity (Wildman–Crippen MR) is 130 cm³/mol. The fraction of sp³-hybridized carbons (Fsp3) is 0.429. The van der Waals surface area contributed by atoms with E-state index in [9.17, 15) is 8.78 Å². The van der Waals surface area contributed by atoms with Crippen molar-refractivity contribution in [2.45, 2.75) is 57.8 Å². The first-order valence-electron chi connectivity index (χ1n) is 11.9. The summed E-state index contributed by atoms with van der Waals surface area (Å²) in [5.41, 5.74) is 6.39. The van der Waals surface area contributed by atoms with Crippen molar-refractivity contribution in [3.05, 3.63) is 83.1 Å². The molecule has 0 radical (unpaired) electrons. The number of hydrogen-bond donors (Lipinski definition) is 1. The molecular weight excluding hydrogens is 402 g/mol. The fourth-order valence-electron chi connectivity index (χ4n) is 5.28. The Morgan fingerprint density at radius 2 is 1.75 bits per heavy atom. The summed E-state index contributed by atoms with van der Waals surface area (Å²) in [6.07, 6.45) is 5.24. The summed E-state index contributed by atoms with van der Waals surface area (Å²) >= 11 is 0. The Bertz CT molecular complexity index is 1010. The second-order valence-corrected chi connectivity index (χ2v) is 9.26. The van der Waals surface area contributed by atoms with Gasteiger partial charge in [-0.1, -0.05) is 39.1 Å². The lowest BCUT2D eigenvalue weighted by atomic mass is 9.72. The summed E-state index contributed by atoms with van der Waals surface area (Å²) in [7, 11) is 0. The molecule has 4 rings (SSSR count). The molecule has 2 heterocycles. The summed E-state index contributed by atoms with van der Waals surface area (Å²) < 4.78 is 28.8. The second-order valence-electron chi connectivity index (χ2n) is 9.26. The van der Waals surface area contributed by atoms with Crippen LogP contribution in [-0.4, -0.2) is 24.5 Å². The van der Waals surface area contributed by atoms with Crippen molar-refractivity contribution in [2.75, 3.05) is 25.0 Å². The van der Waals surface area contributed by atoms with Crippen LogP contribution in [0, 0.1) is 11.6 Å². The maximum absolute atomic E-state index is 14.4. The number of allylic oxidation sites excluding steroid dienone is 2. The van der Waals surface area contributed by atoms with Gasteiger partial charge in [0.25, 0.3) is 0 Å². The number of halogens is 2. The predicted octanol–water partition coefficient (Wildman–Crippen LogP) is 6.86. The molecule has 2 aliphatic heterocycles. The molecule has 1 fully saturated rings. The van der Waals surface area contributed by atoms with Gasteiger partial charge in [0.1, 0.15) is 11.6 Å². The number of benzene rings is 2. The summed E-state index contributed by atoms with van der Waals surface area (Å²) in [6, 6.07) is 9.70. The summed E-state index contributed by atoms with van der Waals surface area (Å²) in [5.74, 6) is -0.992. The first-order valence-corrected chi connectivity index (χ1v) is 11.9. The molecule has 0 amide bonds. The monoisotopic (exact) mass is 436 g/mol. The molecule has 1 N–H and O–H groups in total. The average Bonchev–Trinajstić information content (AvgIpc) is 3.05. The highest BCUT2D eigenvalue weighted by Gasteiger charge is 2.44. The van der Waals surface area contributed by atoms with Crippen LogP contribution in [0.4, 0.5) is 14.5 Å². The molecule has 32 heavy (non-hydrogen) atoms. The first-order chi connectivity index (χ1) is 15.4. The van der Waals surface area contributed by atoms with Gasteiger partial charge in [0, 0.05) is 22.4 Å². The SMILES string of the molecule is C=C(CC)c1c(F)cc(CCCN2CCC3(CC2)C(=C)Nc2ccc(CC)cc23)cc1F. The van der Waals surface area contributed by atoms with E-state index in [0.29, 0.717) is 18.4 Å². The van der Waals surface area contributed by atoms with Crippen molar-refractivity contribution in [1.29, 1.82) is 0 Å². The summed E-state index contributed by atoms with van der Waals surface area (Å²) in [4.78, 5) is 2.47. The van der Waals surface area contributed by atoms with Crippen LogP contribution in [0.15, 0.2) is 49.2 Å². The third-order valence-electron chi connectivity index (χ3n) is 7.40. The fourth-order valence-corrected chi connectivity index (χ4v) is 5.28. The maximum atomic E-state index is 14.4. The van der Waals surface area contributed by atoms with Crippen molar-refractivity contribution < 1.29 is 8.78 Å². The number of fused-ring (bicyclic) bond motifs is 2. The highest BCUT2D eigenvalue weighted by Crippen LogP contribution is 2.49. The largest absolute Gasteiger partial charge is 0.358 e. The lowest BCUT2D eigenvalue weighted by Gasteiger charge is -2.40. The van der Waals surface area contributed by atoms with Crippen LogP contribution < -0.4 is 5.32 Å². The van der Waals surface area contributed by atoms with Gasteiger partial charge in [0.2, 0.25) is 0 Å². The smallest absolute Gasteiger partial charge is 0.133 e. The maximum Gasteiger partial charge on any atom is 0.133 e. The highest BCUT2D eigenvalue weighted by molar-refractivity contribution is 5.69. The minimum atomic E-state index is -0.496. The lowest BCUT2D eigenvalue weighted by molar-refractivity contribution is 0.179. The molecule has 170 valence electrons. The molecule has 2 nitrogen and oxygen atoms in total. The zero-order valence-electron chi connectivity index (χ0n) is 19.4. The number of piperidine rings is 1. The first kappa shape index (κ1) is 22.7. The van der Waals surface area contributed by atoms with Gasteiger partial charge in [-0.3, -0.25) is 0 Å². The number of rotatable bonds is 7. The van der Waals surface area contributed by atoms with Crippen LogP contribution in [-0.2, 0) is 18.3 Å². The van der Waals surface area contributed by atoms with E-state index < -0.39 is 11.6 Å². The van der Waals surface area contributed by atoms with Gasteiger partial charge in [0.15, 0.2) is 0 Å². The molecule has 0 aliphatic carbocycles. The molecule has 1 spiro atoms. The van der Waals surface area contributed by atoms with Gasteiger partial charge in [-0.25, -0.2) is 8.78 Å². The lowest BCUT2D eigenvalue weighted by Crippen LogP contribution is -2.43. The third-order valence-corrected chi connectivity index (χ3v) is 7.40. The van der Waals surface area contributed by atoms with E-state index in [1.165, 1.54) is 28.9 Å². The van der Waals surface area contributed by atoms with Crippen molar-refractivity contribution in [3.8, 4) is 0 Å². The molecule has 1 saturated heterocycles. The standard InChI is InChI=1S/C28H34F2N2/c1-5-19(3)27-24(29)17-22(18-25(27)30)8-7-13-32-14-11-28(12-15-32)20(4)31-26-10-9-21(6-2)16-23(26)28/h9-10,16-18,31H,3-8,11-15H2,1-2H3. The Hall–Kier alpha value is -2.46. The number of likely N-dealkylation sites (tertiary alicyclic amines) is 1. The van der Waals surface area contributed by atoms with Crippen LogP contribution in [0.5, 0.6) is 0 Å². The normalized spacial score (nSPS) is 17.4. The Kier molecular flexibility index (Phi) is 6.52. The number of hydrogen-bond acceptors (Lipinski definition) is 2. The van der Waals surface area contributed by atoms with Gasteiger partial charge < -0.3 is 10.2 Å². The van der Waals surface area contributed by atoms with E-state index >= 15 is 0 Å². The van der Waals surface area contributed by atoms with Gasteiger partial charge in [-0.15, -0.1) is 0 Å². The van der Waals surface area contributed by atoms with Crippen molar-refractivity contribution in [2.24, 2.45) is 0 Å². The summed E-state index contributed by atoms with van der Waals surface area (Å²) in [5, 5.41) is 3.53. The van der Waals surface area contributed by atoms with Crippen LogP contribution in [0.25, 0.3) is 5.57 Å². The average molecular weight is 437 g/mol. The van der Waals surface area contributed by atoms with E-state index in [-0.39, 0.29) is 11.0 Å². The summed E-state index contributed by atoms with van der Waals surface area (Å²) in [6.45, 7) is 15.1. The van der Waals surface area contributed by atoms with Crippen molar-refractivity contribution in [1.82, 2.24) is 4.90 Å². The molecule has 2 aliphatic rings. The van der Waals surface area contributed by atoms with Gasteiger partial charge in [-0.05, 0) is 98.6 Å². The molecule has 0 aromatic heterocycles. The van der Waals surface area contributed by atoms with Crippen molar-refractivity contribution in [3.63, 3.8) is 0 Å². The highest BCUT2D eigenvalue weighted by atomic mass is 19.1. The zero-order valence-corrected chi connectivity index (χ0v) is 19.4. The van der Waals surface area contributed by atoms with Gasteiger partial charge in [-0.2, -0.15) is 0 Å².